The number of methoxy groups -OCH3 is 1. The van der Waals surface area contributed by atoms with E-state index in [4.69, 9.17) is 4.74 Å². The molecule has 2 aliphatic rings. The van der Waals surface area contributed by atoms with Crippen LogP contribution in [0.5, 0.6) is 0 Å². The van der Waals surface area contributed by atoms with Crippen LogP contribution in [-0.2, 0) is 22.3 Å². The van der Waals surface area contributed by atoms with Gasteiger partial charge >= 0.3 is 6.18 Å². The van der Waals surface area contributed by atoms with Crippen molar-refractivity contribution in [1.29, 1.82) is 0 Å². The van der Waals surface area contributed by atoms with E-state index in [9.17, 15) is 22.8 Å². The molecular formula is C22H22F3N3O3. The Hall–Kier alpha value is -2.94. The largest absolute Gasteiger partial charge is 0.433 e. The lowest BCUT2D eigenvalue weighted by atomic mass is 10.0. The molecule has 0 unspecified atom stereocenters. The monoisotopic (exact) mass is 433 g/mol. The molecule has 0 N–H and O–H groups in total. The van der Waals surface area contributed by atoms with Gasteiger partial charge in [-0.2, -0.15) is 13.2 Å². The second kappa shape index (κ2) is 7.96. The van der Waals surface area contributed by atoms with E-state index in [1.54, 1.807) is 9.80 Å². The van der Waals surface area contributed by atoms with Crippen molar-refractivity contribution >= 4 is 11.8 Å². The summed E-state index contributed by atoms with van der Waals surface area (Å²) >= 11 is 0. The molecule has 1 aromatic carbocycles. The highest BCUT2D eigenvalue weighted by atomic mass is 19.4. The minimum Gasteiger partial charge on any atom is -0.371 e. The van der Waals surface area contributed by atoms with Crippen molar-refractivity contribution in [3.8, 4) is 0 Å². The number of rotatable bonds is 4. The third kappa shape index (κ3) is 3.89. The maximum atomic E-state index is 13.1. The van der Waals surface area contributed by atoms with Crippen LogP contribution in [0.25, 0.3) is 0 Å². The zero-order chi connectivity index (χ0) is 22.3. The summed E-state index contributed by atoms with van der Waals surface area (Å²) in [5, 5.41) is 0. The highest BCUT2D eigenvalue weighted by Gasteiger charge is 2.53. The van der Waals surface area contributed by atoms with Crippen LogP contribution in [0.1, 0.15) is 27.3 Å². The highest BCUT2D eigenvalue weighted by Crippen LogP contribution is 2.36. The van der Waals surface area contributed by atoms with Crippen molar-refractivity contribution in [2.75, 3.05) is 20.2 Å². The van der Waals surface area contributed by atoms with Gasteiger partial charge in [-0.15, -0.1) is 0 Å². The summed E-state index contributed by atoms with van der Waals surface area (Å²) in [7, 11) is 1.47. The summed E-state index contributed by atoms with van der Waals surface area (Å²) in [4.78, 5) is 32.8. The average molecular weight is 433 g/mol. The van der Waals surface area contributed by atoms with Crippen LogP contribution >= 0.6 is 0 Å². The van der Waals surface area contributed by atoms with Gasteiger partial charge in [0.15, 0.2) is 0 Å². The van der Waals surface area contributed by atoms with Crippen molar-refractivity contribution in [2.45, 2.75) is 31.8 Å². The van der Waals surface area contributed by atoms with Crippen molar-refractivity contribution in [2.24, 2.45) is 5.92 Å². The van der Waals surface area contributed by atoms with Crippen molar-refractivity contribution in [1.82, 2.24) is 14.8 Å². The number of amides is 2. The Morgan fingerprint density at radius 3 is 2.48 bits per heavy atom. The molecule has 2 saturated heterocycles. The Morgan fingerprint density at radius 1 is 1.16 bits per heavy atom. The molecule has 31 heavy (non-hydrogen) atoms. The predicted octanol–water partition coefficient (Wildman–Crippen LogP) is 2.91. The van der Waals surface area contributed by atoms with Crippen LogP contribution in [0.3, 0.4) is 0 Å². The molecule has 2 aromatic rings. The standard InChI is InChI=1S/C22H22F3N3O3/c1-13-15(8-9-18(26-13)22(23,24)25)20(29)27-11-16-17(12-27)28(21(30)19(16)31-2)10-14-6-4-3-5-7-14/h3-9,16-17,19H,10-12H2,1-2H3/t16-,17+,19-/m0/s1. The molecule has 3 heterocycles. The van der Waals surface area contributed by atoms with E-state index in [1.165, 1.54) is 20.1 Å². The molecule has 3 atom stereocenters. The number of carbonyl (C=O) groups excluding carboxylic acids is 2. The highest BCUT2D eigenvalue weighted by molar-refractivity contribution is 5.96. The van der Waals surface area contributed by atoms with Gasteiger partial charge in [-0.1, -0.05) is 30.3 Å². The Morgan fingerprint density at radius 2 is 1.87 bits per heavy atom. The maximum absolute atomic E-state index is 13.1. The first kappa shape index (κ1) is 21.3. The minimum absolute atomic E-state index is 0.0254. The number of carbonyl (C=O) groups is 2. The van der Waals surface area contributed by atoms with Gasteiger partial charge in [0.2, 0.25) is 0 Å². The molecule has 0 bridgehead atoms. The molecule has 2 amide bonds. The van der Waals surface area contributed by atoms with E-state index < -0.39 is 23.9 Å². The molecule has 6 nitrogen and oxygen atoms in total. The summed E-state index contributed by atoms with van der Waals surface area (Å²) in [5.74, 6) is -0.705. The van der Waals surface area contributed by atoms with Crippen LogP contribution < -0.4 is 0 Å². The number of halogens is 3. The van der Waals surface area contributed by atoms with E-state index in [-0.39, 0.29) is 29.1 Å². The number of pyridine rings is 1. The van der Waals surface area contributed by atoms with Crippen LogP contribution in [0.2, 0.25) is 0 Å². The number of hydrogen-bond acceptors (Lipinski definition) is 4. The van der Waals surface area contributed by atoms with Gasteiger partial charge in [0.1, 0.15) is 11.8 Å². The van der Waals surface area contributed by atoms with Crippen LogP contribution in [0.4, 0.5) is 13.2 Å². The predicted molar refractivity (Wildman–Crippen MR) is 105 cm³/mol. The number of aromatic nitrogens is 1. The third-order valence-corrected chi connectivity index (χ3v) is 5.99. The fourth-order valence-electron chi connectivity index (χ4n) is 4.48. The third-order valence-electron chi connectivity index (χ3n) is 5.99. The Labute approximate surface area is 177 Å². The number of benzene rings is 1. The smallest absolute Gasteiger partial charge is 0.371 e. The Bertz CT molecular complexity index is 996. The van der Waals surface area contributed by atoms with Gasteiger partial charge < -0.3 is 14.5 Å². The lowest BCUT2D eigenvalue weighted by Gasteiger charge is -2.25. The van der Waals surface area contributed by atoms with Gasteiger partial charge in [-0.3, -0.25) is 9.59 Å². The molecule has 9 heteroatoms. The molecule has 0 spiro atoms. The number of alkyl halides is 3. The number of likely N-dealkylation sites (tertiary alicyclic amines) is 2. The first-order chi connectivity index (χ1) is 14.7. The molecule has 1 aromatic heterocycles. The second-order valence-corrected chi connectivity index (χ2v) is 7.88. The molecule has 2 fully saturated rings. The lowest BCUT2D eigenvalue weighted by Crippen LogP contribution is -2.40. The van der Waals surface area contributed by atoms with E-state index >= 15 is 0 Å². The van der Waals surface area contributed by atoms with Crippen molar-refractivity contribution in [3.63, 3.8) is 0 Å². The van der Waals surface area contributed by atoms with Gasteiger partial charge in [0.05, 0.1) is 17.3 Å². The van der Waals surface area contributed by atoms with Crippen LogP contribution in [-0.4, -0.2) is 58.9 Å². The van der Waals surface area contributed by atoms with Crippen LogP contribution in [0, 0.1) is 12.8 Å². The summed E-state index contributed by atoms with van der Waals surface area (Å²) in [5.41, 5.74) is 0.0955. The normalized spacial score (nSPS) is 23.4. The fourth-order valence-corrected chi connectivity index (χ4v) is 4.48. The van der Waals surface area contributed by atoms with Crippen molar-refractivity contribution < 1.29 is 27.5 Å². The summed E-state index contributed by atoms with van der Waals surface area (Å²) in [6, 6.07) is 11.3. The number of fused-ring (bicyclic) bond motifs is 1. The molecule has 0 aliphatic carbocycles. The molecule has 2 aliphatic heterocycles. The topological polar surface area (TPSA) is 62.7 Å². The zero-order valence-electron chi connectivity index (χ0n) is 17.1. The zero-order valence-corrected chi connectivity index (χ0v) is 17.1. The quantitative estimate of drug-likeness (QED) is 0.744. The lowest BCUT2D eigenvalue weighted by molar-refractivity contribution is -0.141. The van der Waals surface area contributed by atoms with Crippen LogP contribution in [0.15, 0.2) is 42.5 Å². The molecule has 0 saturated carbocycles. The molecular weight excluding hydrogens is 411 g/mol. The summed E-state index contributed by atoms with van der Waals surface area (Å²) in [6.45, 7) is 2.38. The van der Waals surface area contributed by atoms with E-state index in [1.807, 2.05) is 30.3 Å². The first-order valence-corrected chi connectivity index (χ1v) is 9.92. The van der Waals surface area contributed by atoms with Gasteiger partial charge in [-0.05, 0) is 24.6 Å². The Balaban J connectivity index is 1.55. The fraction of sp³-hybridized carbons (Fsp3) is 0.409. The number of nitrogens with zero attached hydrogens (tertiary/aromatic N) is 3. The molecule has 0 radical (unpaired) electrons. The number of ether oxygens (including phenoxy) is 1. The van der Waals surface area contributed by atoms with Crippen molar-refractivity contribution in [3.05, 3.63) is 65.0 Å². The first-order valence-electron chi connectivity index (χ1n) is 9.92. The second-order valence-electron chi connectivity index (χ2n) is 7.88. The van der Waals surface area contributed by atoms with Gasteiger partial charge in [0.25, 0.3) is 11.8 Å². The Kier molecular flexibility index (Phi) is 5.47. The van der Waals surface area contributed by atoms with E-state index in [0.717, 1.165) is 11.6 Å². The van der Waals surface area contributed by atoms with Gasteiger partial charge in [0, 0.05) is 32.7 Å². The summed E-state index contributed by atoms with van der Waals surface area (Å²) < 4.78 is 44.1. The SMILES string of the molecule is CO[C@@H]1C(=O)N(Cc2ccccc2)[C@@H]2CN(C(=O)c3ccc(C(F)(F)F)nc3C)C[C@H]12. The molecule has 4 rings (SSSR count). The minimum atomic E-state index is -4.57. The van der Waals surface area contributed by atoms with Gasteiger partial charge in [-0.25, -0.2) is 4.98 Å². The molecule has 164 valence electrons. The average Bonchev–Trinajstić information content (AvgIpc) is 3.25. The number of aryl methyl sites for hydroxylation is 1. The van der Waals surface area contributed by atoms with E-state index in [0.29, 0.717) is 19.6 Å². The van der Waals surface area contributed by atoms with E-state index in [2.05, 4.69) is 4.98 Å². The maximum Gasteiger partial charge on any atom is 0.433 e. The summed E-state index contributed by atoms with van der Waals surface area (Å²) in [6.07, 6.45) is -5.22. The number of hydrogen-bond donors (Lipinski definition) is 0.